The topological polar surface area (TPSA) is 133 Å². The molecule has 2 aromatic rings. The lowest BCUT2D eigenvalue weighted by Gasteiger charge is -2.34. The summed E-state index contributed by atoms with van der Waals surface area (Å²) in [6.07, 6.45) is 3.32. The van der Waals surface area contributed by atoms with Crippen molar-refractivity contribution in [3.05, 3.63) is 17.1 Å². The third kappa shape index (κ3) is 5.44. The summed E-state index contributed by atoms with van der Waals surface area (Å²) >= 11 is 6.69. The minimum atomic E-state index is -0.536. The number of amides is 2. The summed E-state index contributed by atoms with van der Waals surface area (Å²) in [4.78, 5) is 30.7. The van der Waals surface area contributed by atoms with Crippen LogP contribution in [0.1, 0.15) is 22.5 Å². The van der Waals surface area contributed by atoms with Gasteiger partial charge in [0.05, 0.1) is 35.9 Å². The van der Waals surface area contributed by atoms with Gasteiger partial charge in [0, 0.05) is 25.8 Å². The van der Waals surface area contributed by atoms with Crippen molar-refractivity contribution < 1.29 is 19.1 Å². The lowest BCUT2D eigenvalue weighted by atomic mass is 9.98. The lowest BCUT2D eigenvalue weighted by Crippen LogP contribution is -2.38. The molecule has 5 N–H and O–H groups in total. The third-order valence-electron chi connectivity index (χ3n) is 4.87. The van der Waals surface area contributed by atoms with Crippen LogP contribution in [0.25, 0.3) is 10.2 Å². The van der Waals surface area contributed by atoms with Crippen molar-refractivity contribution in [3.63, 3.8) is 0 Å². The molecule has 1 atom stereocenters. The molecule has 0 aliphatic carbocycles. The number of carbonyl (C=O) groups is 2. The average Bonchev–Trinajstić information content (AvgIpc) is 3.09. The second kappa shape index (κ2) is 10.6. The Morgan fingerprint density at radius 2 is 2.23 bits per heavy atom. The van der Waals surface area contributed by atoms with Gasteiger partial charge in [0.2, 0.25) is 0 Å². The molecule has 0 radical (unpaired) electrons. The zero-order chi connectivity index (χ0) is 21.5. The molecule has 0 bridgehead atoms. The van der Waals surface area contributed by atoms with Gasteiger partial charge in [-0.3, -0.25) is 4.79 Å². The monoisotopic (exact) mass is 455 g/mol. The first-order valence-electron chi connectivity index (χ1n) is 9.77. The van der Waals surface area contributed by atoms with E-state index < -0.39 is 12.0 Å². The number of thiophene rings is 1. The Hall–Kier alpha value is -2.30. The smallest absolute Gasteiger partial charge is 0.407 e. The molecule has 1 unspecified atom stereocenters. The number of hydrogen-bond donors (Lipinski definition) is 3. The molecule has 0 saturated carbocycles. The SMILES string of the molecule is NC(=O)c1sc2nccc(N3CCCC(COCCNC(=O)OCCCl)C3)c2c1N. The summed E-state index contributed by atoms with van der Waals surface area (Å²) in [6.45, 7) is 3.27. The molecule has 11 heteroatoms. The number of alkyl carbamates (subject to hydrolysis) is 1. The molecule has 1 aliphatic rings. The van der Waals surface area contributed by atoms with Gasteiger partial charge in [-0.1, -0.05) is 0 Å². The summed E-state index contributed by atoms with van der Waals surface area (Å²) < 4.78 is 10.6. The van der Waals surface area contributed by atoms with Gasteiger partial charge in [0.15, 0.2) is 0 Å². The number of ether oxygens (including phenoxy) is 2. The summed E-state index contributed by atoms with van der Waals surface area (Å²) in [6, 6.07) is 1.93. The van der Waals surface area contributed by atoms with Gasteiger partial charge in [-0.05, 0) is 24.8 Å². The molecule has 30 heavy (non-hydrogen) atoms. The quantitative estimate of drug-likeness (QED) is 0.389. The highest BCUT2D eigenvalue weighted by atomic mass is 35.5. The minimum Gasteiger partial charge on any atom is -0.448 e. The molecule has 0 spiro atoms. The molecule has 1 saturated heterocycles. The van der Waals surface area contributed by atoms with Crippen LogP contribution in [0.2, 0.25) is 0 Å². The number of anilines is 2. The van der Waals surface area contributed by atoms with Gasteiger partial charge in [-0.25, -0.2) is 9.78 Å². The average molecular weight is 456 g/mol. The van der Waals surface area contributed by atoms with Crippen molar-refractivity contribution >= 4 is 56.5 Å². The number of nitrogens with two attached hydrogens (primary N) is 2. The Bertz CT molecular complexity index is 893. The number of nitrogen functional groups attached to an aromatic ring is 1. The molecule has 1 fully saturated rings. The highest BCUT2D eigenvalue weighted by Gasteiger charge is 2.25. The summed E-state index contributed by atoms with van der Waals surface area (Å²) in [5.41, 5.74) is 13.0. The van der Waals surface area contributed by atoms with Crippen molar-refractivity contribution in [1.29, 1.82) is 0 Å². The Kier molecular flexibility index (Phi) is 7.94. The van der Waals surface area contributed by atoms with Crippen LogP contribution in [-0.2, 0) is 9.47 Å². The van der Waals surface area contributed by atoms with Gasteiger partial charge in [0.25, 0.3) is 5.91 Å². The number of alkyl halides is 1. The molecule has 3 heterocycles. The van der Waals surface area contributed by atoms with Crippen molar-refractivity contribution in [1.82, 2.24) is 10.3 Å². The largest absolute Gasteiger partial charge is 0.448 e. The van der Waals surface area contributed by atoms with Gasteiger partial charge < -0.3 is 31.2 Å². The lowest BCUT2D eigenvalue weighted by molar-refractivity contribution is 0.0921. The maximum absolute atomic E-state index is 11.7. The van der Waals surface area contributed by atoms with E-state index in [4.69, 9.17) is 32.5 Å². The van der Waals surface area contributed by atoms with Gasteiger partial charge in [-0.2, -0.15) is 0 Å². The van der Waals surface area contributed by atoms with Crippen LogP contribution in [0.4, 0.5) is 16.2 Å². The predicted molar refractivity (Wildman–Crippen MR) is 118 cm³/mol. The number of nitrogens with one attached hydrogen (secondary N) is 1. The first-order valence-corrected chi connectivity index (χ1v) is 11.1. The Morgan fingerprint density at radius 1 is 1.40 bits per heavy atom. The van der Waals surface area contributed by atoms with Crippen LogP contribution in [-0.4, -0.2) is 62.3 Å². The molecular weight excluding hydrogens is 430 g/mol. The standard InChI is InChI=1S/C19H26ClN5O4S/c20-4-8-29-19(27)24-6-9-28-11-12-2-1-7-25(10-12)13-3-5-23-18-14(13)15(21)16(30-18)17(22)26/h3,5,12H,1-2,4,6-11,21H2,(H2,22,26)(H,24,27). The van der Waals surface area contributed by atoms with Crippen molar-refractivity contribution in [2.45, 2.75) is 12.8 Å². The summed E-state index contributed by atoms with van der Waals surface area (Å²) in [5, 5.41) is 3.40. The summed E-state index contributed by atoms with van der Waals surface area (Å²) in [5.74, 6) is 0.0828. The number of rotatable bonds is 9. The first kappa shape index (κ1) is 22.4. The van der Waals surface area contributed by atoms with Gasteiger partial charge in [-0.15, -0.1) is 22.9 Å². The number of fused-ring (bicyclic) bond motifs is 1. The molecule has 2 aromatic heterocycles. The van der Waals surface area contributed by atoms with Gasteiger partial charge >= 0.3 is 6.09 Å². The number of pyridine rings is 1. The normalized spacial score (nSPS) is 16.6. The fourth-order valence-corrected chi connectivity index (χ4v) is 4.57. The van der Waals surface area contributed by atoms with Crippen LogP contribution in [0, 0.1) is 5.92 Å². The fraction of sp³-hybridized carbons (Fsp3) is 0.526. The molecular formula is C19H26ClN5O4S. The highest BCUT2D eigenvalue weighted by Crippen LogP contribution is 2.39. The van der Waals surface area contributed by atoms with Crippen LogP contribution in [0.5, 0.6) is 0 Å². The molecule has 3 rings (SSSR count). The van der Waals surface area contributed by atoms with E-state index in [1.54, 1.807) is 6.20 Å². The van der Waals surface area contributed by atoms with E-state index in [0.717, 1.165) is 37.0 Å². The van der Waals surface area contributed by atoms with Crippen molar-refractivity contribution in [3.8, 4) is 0 Å². The Balaban J connectivity index is 1.55. The van der Waals surface area contributed by atoms with E-state index in [2.05, 4.69) is 15.2 Å². The number of aromatic nitrogens is 1. The summed E-state index contributed by atoms with van der Waals surface area (Å²) in [7, 11) is 0. The Morgan fingerprint density at radius 3 is 3.00 bits per heavy atom. The number of piperidine rings is 1. The van der Waals surface area contributed by atoms with E-state index in [0.29, 0.717) is 41.1 Å². The van der Waals surface area contributed by atoms with Crippen molar-refractivity contribution in [2.75, 3.05) is 56.0 Å². The molecule has 2 amide bonds. The maximum Gasteiger partial charge on any atom is 0.407 e. The minimum absolute atomic E-state index is 0.185. The van der Waals surface area contributed by atoms with E-state index in [1.165, 1.54) is 11.3 Å². The fourth-order valence-electron chi connectivity index (χ4n) is 3.55. The zero-order valence-corrected chi connectivity index (χ0v) is 18.1. The number of hydrogen-bond acceptors (Lipinski definition) is 8. The number of carbonyl (C=O) groups excluding carboxylic acids is 2. The van der Waals surface area contributed by atoms with E-state index in [-0.39, 0.29) is 12.5 Å². The number of nitrogens with zero attached hydrogens (tertiary/aromatic N) is 2. The third-order valence-corrected chi connectivity index (χ3v) is 6.15. The van der Waals surface area contributed by atoms with Crippen LogP contribution in [0.15, 0.2) is 12.3 Å². The second-order valence-electron chi connectivity index (χ2n) is 7.00. The Labute approximate surface area is 183 Å². The van der Waals surface area contributed by atoms with E-state index in [9.17, 15) is 9.59 Å². The van der Waals surface area contributed by atoms with Crippen LogP contribution < -0.4 is 21.7 Å². The van der Waals surface area contributed by atoms with Crippen LogP contribution in [0.3, 0.4) is 0 Å². The maximum atomic E-state index is 11.7. The van der Waals surface area contributed by atoms with Gasteiger partial charge in [0.1, 0.15) is 16.3 Å². The number of halogens is 1. The highest BCUT2D eigenvalue weighted by molar-refractivity contribution is 7.21. The van der Waals surface area contributed by atoms with E-state index >= 15 is 0 Å². The predicted octanol–water partition coefficient (Wildman–Crippen LogP) is 2.18. The molecule has 9 nitrogen and oxygen atoms in total. The first-order chi connectivity index (χ1) is 14.5. The van der Waals surface area contributed by atoms with E-state index in [1.807, 2.05) is 6.07 Å². The van der Waals surface area contributed by atoms with Crippen molar-refractivity contribution in [2.24, 2.45) is 11.7 Å². The molecule has 1 aliphatic heterocycles. The molecule has 164 valence electrons. The van der Waals surface area contributed by atoms with Crippen LogP contribution >= 0.6 is 22.9 Å². The number of primary amides is 1. The second-order valence-corrected chi connectivity index (χ2v) is 8.38. The zero-order valence-electron chi connectivity index (χ0n) is 16.6. The molecule has 0 aromatic carbocycles.